The monoisotopic (exact) mass is 284 g/mol. The van der Waals surface area contributed by atoms with E-state index in [1.807, 2.05) is 66.7 Å². The fraction of sp³-hybridized carbons (Fsp3) is 0.222. The fourth-order valence-electron chi connectivity index (χ4n) is 1.97. The van der Waals surface area contributed by atoms with Gasteiger partial charge in [0.15, 0.2) is 0 Å². The van der Waals surface area contributed by atoms with E-state index >= 15 is 0 Å². The van der Waals surface area contributed by atoms with Gasteiger partial charge in [0.1, 0.15) is 0 Å². The van der Waals surface area contributed by atoms with Crippen molar-refractivity contribution < 1.29 is 4.21 Å². The predicted octanol–water partition coefficient (Wildman–Crippen LogP) is 4.73. The van der Waals surface area contributed by atoms with Gasteiger partial charge in [0.05, 0.1) is 10.8 Å². The summed E-state index contributed by atoms with van der Waals surface area (Å²) in [4.78, 5) is 0.922. The Bertz CT molecular complexity index is 573. The normalized spacial score (nSPS) is 13.2. The lowest BCUT2D eigenvalue weighted by molar-refractivity contribution is 0.686. The Balaban J connectivity index is 2.34. The Morgan fingerprint density at radius 3 is 2.20 bits per heavy atom. The van der Waals surface area contributed by atoms with Gasteiger partial charge in [0.25, 0.3) is 0 Å². The number of hydrogen-bond donors (Lipinski definition) is 0. The van der Waals surface area contributed by atoms with E-state index < -0.39 is 10.8 Å². The maximum Gasteiger partial charge on any atom is 0.0535 e. The second kappa shape index (κ2) is 7.81. The van der Waals surface area contributed by atoms with Crippen molar-refractivity contribution in [3.05, 3.63) is 71.8 Å². The van der Waals surface area contributed by atoms with E-state index in [4.69, 9.17) is 0 Å². The summed E-state index contributed by atoms with van der Waals surface area (Å²) in [6, 6.07) is 20.1. The Morgan fingerprint density at radius 2 is 1.60 bits per heavy atom. The highest BCUT2D eigenvalue weighted by Gasteiger charge is 2.09. The zero-order chi connectivity index (χ0) is 14.2. The van der Waals surface area contributed by atoms with Crippen LogP contribution in [0.25, 0.3) is 11.0 Å². The molecule has 0 aliphatic rings. The fourth-order valence-corrected chi connectivity index (χ4v) is 3.41. The Kier molecular flexibility index (Phi) is 5.75. The first-order chi connectivity index (χ1) is 9.81. The van der Waals surface area contributed by atoms with E-state index in [0.717, 1.165) is 34.6 Å². The molecule has 0 bridgehead atoms. The first-order valence-corrected chi connectivity index (χ1v) is 8.33. The third kappa shape index (κ3) is 4.17. The molecule has 0 spiro atoms. The summed E-state index contributed by atoms with van der Waals surface area (Å²) >= 11 is 0. The molecule has 2 aromatic carbocycles. The third-order valence-corrected chi connectivity index (χ3v) is 4.59. The highest BCUT2D eigenvalue weighted by Crippen LogP contribution is 2.22. The van der Waals surface area contributed by atoms with E-state index in [-0.39, 0.29) is 0 Å². The molecule has 0 aliphatic heterocycles. The van der Waals surface area contributed by atoms with Gasteiger partial charge < -0.3 is 0 Å². The van der Waals surface area contributed by atoms with Crippen molar-refractivity contribution in [3.8, 4) is 0 Å². The molecule has 2 rings (SSSR count). The van der Waals surface area contributed by atoms with Crippen molar-refractivity contribution in [2.24, 2.45) is 0 Å². The summed E-state index contributed by atoms with van der Waals surface area (Å²) in [5, 5.41) is 0. The molecule has 20 heavy (non-hydrogen) atoms. The largest absolute Gasteiger partial charge is 0.254 e. The van der Waals surface area contributed by atoms with E-state index in [1.54, 1.807) is 0 Å². The highest BCUT2D eigenvalue weighted by molar-refractivity contribution is 7.94. The van der Waals surface area contributed by atoms with Gasteiger partial charge in [0, 0.05) is 10.7 Å². The molecular weight excluding hydrogens is 264 g/mol. The lowest BCUT2D eigenvalue weighted by Gasteiger charge is -2.08. The molecule has 104 valence electrons. The lowest BCUT2D eigenvalue weighted by Crippen LogP contribution is -2.00. The summed E-state index contributed by atoms with van der Waals surface area (Å²) in [6.45, 7) is 2.13. The number of benzene rings is 2. The number of hydrogen-bond acceptors (Lipinski definition) is 1. The standard InChI is InChI=1S/C18H20OS/c1-2-3-14-20(19)18(17-12-8-5-9-13-17)15-16-10-6-4-7-11-16/h4-13,15H,2-3,14H2,1H3/b18-15-. The smallest absolute Gasteiger partial charge is 0.0535 e. The molecule has 0 N–H and O–H groups in total. The molecule has 0 saturated heterocycles. The van der Waals surface area contributed by atoms with Crippen LogP contribution in [0.4, 0.5) is 0 Å². The molecule has 2 aromatic rings. The van der Waals surface area contributed by atoms with Crippen LogP contribution in [0.3, 0.4) is 0 Å². The van der Waals surface area contributed by atoms with Crippen molar-refractivity contribution in [2.45, 2.75) is 19.8 Å². The van der Waals surface area contributed by atoms with Crippen molar-refractivity contribution in [1.29, 1.82) is 0 Å². The minimum Gasteiger partial charge on any atom is -0.254 e. The maximum atomic E-state index is 12.5. The Labute approximate surface area is 123 Å². The van der Waals surface area contributed by atoms with Crippen LogP contribution in [0, 0.1) is 0 Å². The van der Waals surface area contributed by atoms with Gasteiger partial charge in [-0.05, 0) is 23.6 Å². The van der Waals surface area contributed by atoms with Crippen LogP contribution in [-0.4, -0.2) is 9.96 Å². The van der Waals surface area contributed by atoms with Crippen molar-refractivity contribution >= 4 is 21.8 Å². The van der Waals surface area contributed by atoms with E-state index in [9.17, 15) is 4.21 Å². The molecule has 0 heterocycles. The minimum absolute atomic E-state index is 0.726. The molecule has 0 amide bonds. The van der Waals surface area contributed by atoms with Crippen molar-refractivity contribution in [2.75, 3.05) is 5.75 Å². The predicted molar refractivity (Wildman–Crippen MR) is 88.7 cm³/mol. The second-order valence-corrected chi connectivity index (χ2v) is 6.23. The van der Waals surface area contributed by atoms with E-state index in [2.05, 4.69) is 6.92 Å². The van der Waals surface area contributed by atoms with E-state index in [1.165, 1.54) is 0 Å². The topological polar surface area (TPSA) is 17.1 Å². The molecule has 0 fully saturated rings. The van der Waals surface area contributed by atoms with Gasteiger partial charge in [-0.1, -0.05) is 74.0 Å². The lowest BCUT2D eigenvalue weighted by atomic mass is 10.1. The van der Waals surface area contributed by atoms with E-state index in [0.29, 0.717) is 0 Å². The SMILES string of the molecule is CCCCS(=O)/C(=C\c1ccccc1)c1ccccc1. The molecule has 1 atom stereocenters. The first-order valence-electron chi connectivity index (χ1n) is 7.02. The molecule has 0 saturated carbocycles. The first kappa shape index (κ1) is 14.7. The molecule has 0 radical (unpaired) electrons. The van der Waals surface area contributed by atoms with Crippen molar-refractivity contribution in [1.82, 2.24) is 0 Å². The summed E-state index contributed by atoms with van der Waals surface area (Å²) in [5.74, 6) is 0.726. The van der Waals surface area contributed by atoms with Gasteiger partial charge in [-0.15, -0.1) is 0 Å². The van der Waals surface area contributed by atoms with Crippen LogP contribution in [0.2, 0.25) is 0 Å². The van der Waals surface area contributed by atoms with Gasteiger partial charge in [-0.25, -0.2) is 0 Å². The molecule has 1 nitrogen and oxygen atoms in total. The highest BCUT2D eigenvalue weighted by atomic mass is 32.2. The van der Waals surface area contributed by atoms with Crippen LogP contribution in [0.1, 0.15) is 30.9 Å². The summed E-state index contributed by atoms with van der Waals surface area (Å²) in [7, 11) is -0.948. The van der Waals surface area contributed by atoms with Crippen LogP contribution in [0.5, 0.6) is 0 Å². The maximum absolute atomic E-state index is 12.5. The second-order valence-electron chi connectivity index (χ2n) is 4.69. The Hall–Kier alpha value is -1.67. The molecule has 0 aromatic heterocycles. The van der Waals surface area contributed by atoms with Crippen LogP contribution >= 0.6 is 0 Å². The number of rotatable bonds is 6. The minimum atomic E-state index is -0.948. The zero-order valence-electron chi connectivity index (χ0n) is 11.8. The average molecular weight is 284 g/mol. The molecular formula is C18H20OS. The van der Waals surface area contributed by atoms with Crippen LogP contribution in [0.15, 0.2) is 60.7 Å². The molecule has 2 heteroatoms. The van der Waals surface area contributed by atoms with Crippen molar-refractivity contribution in [3.63, 3.8) is 0 Å². The summed E-state index contributed by atoms with van der Waals surface area (Å²) in [5.41, 5.74) is 2.14. The van der Waals surface area contributed by atoms with Gasteiger partial charge >= 0.3 is 0 Å². The summed E-state index contributed by atoms with van der Waals surface area (Å²) in [6.07, 6.45) is 4.10. The average Bonchev–Trinajstić information content (AvgIpc) is 2.52. The Morgan fingerprint density at radius 1 is 1.00 bits per heavy atom. The third-order valence-electron chi connectivity index (χ3n) is 3.08. The van der Waals surface area contributed by atoms with Gasteiger partial charge in [-0.2, -0.15) is 0 Å². The summed E-state index contributed by atoms with van der Waals surface area (Å²) < 4.78 is 12.5. The number of unbranched alkanes of at least 4 members (excludes halogenated alkanes) is 1. The van der Waals surface area contributed by atoms with Gasteiger partial charge in [-0.3, -0.25) is 4.21 Å². The molecule has 1 unspecified atom stereocenters. The quantitative estimate of drug-likeness (QED) is 0.701. The zero-order valence-corrected chi connectivity index (χ0v) is 12.6. The van der Waals surface area contributed by atoms with Crippen LogP contribution in [-0.2, 0) is 10.8 Å². The van der Waals surface area contributed by atoms with Gasteiger partial charge in [0.2, 0.25) is 0 Å². The van der Waals surface area contributed by atoms with Crippen LogP contribution < -0.4 is 0 Å². The molecule has 0 aliphatic carbocycles.